The summed E-state index contributed by atoms with van der Waals surface area (Å²) < 4.78 is 15.5. The van der Waals surface area contributed by atoms with E-state index in [0.29, 0.717) is 11.3 Å². The minimum Gasteiger partial charge on any atom is -0.369 e. The van der Waals surface area contributed by atoms with E-state index in [1.807, 2.05) is 12.1 Å². The standard InChI is InChI=1S/C13H14FN5/c14-12-7-11(8-17-19-9-15-16-10-19)3-4-13(12)18-5-1-2-6-18/h3-4,7-10H,1-2,5-6H2/b17-8-. The van der Waals surface area contributed by atoms with Crippen LogP contribution in [0.25, 0.3) is 0 Å². The first-order valence-corrected chi connectivity index (χ1v) is 6.26. The van der Waals surface area contributed by atoms with Gasteiger partial charge in [0, 0.05) is 13.1 Å². The SMILES string of the molecule is Fc1cc(/C=N\n2cnnc2)ccc1N1CCCC1. The minimum atomic E-state index is -0.199. The number of nitrogens with zero attached hydrogens (tertiary/aromatic N) is 5. The second-order valence-corrected chi connectivity index (χ2v) is 4.49. The molecule has 1 aromatic carbocycles. The quantitative estimate of drug-likeness (QED) is 0.791. The Balaban J connectivity index is 1.79. The topological polar surface area (TPSA) is 46.3 Å². The predicted molar refractivity (Wildman–Crippen MR) is 70.9 cm³/mol. The van der Waals surface area contributed by atoms with Gasteiger partial charge in [0.2, 0.25) is 0 Å². The van der Waals surface area contributed by atoms with Crippen LogP contribution in [-0.2, 0) is 0 Å². The zero-order valence-electron chi connectivity index (χ0n) is 10.4. The third-order valence-electron chi connectivity index (χ3n) is 3.17. The van der Waals surface area contributed by atoms with Gasteiger partial charge in [-0.1, -0.05) is 6.07 Å². The fraction of sp³-hybridized carbons (Fsp3) is 0.308. The van der Waals surface area contributed by atoms with Gasteiger partial charge < -0.3 is 4.90 Å². The number of aromatic nitrogens is 3. The van der Waals surface area contributed by atoms with Gasteiger partial charge in [0.05, 0.1) is 11.9 Å². The van der Waals surface area contributed by atoms with Crippen LogP contribution in [0.4, 0.5) is 10.1 Å². The lowest BCUT2D eigenvalue weighted by Crippen LogP contribution is -2.18. The second kappa shape index (κ2) is 5.17. The van der Waals surface area contributed by atoms with Crippen LogP contribution in [0.3, 0.4) is 0 Å². The smallest absolute Gasteiger partial charge is 0.147 e. The monoisotopic (exact) mass is 259 g/mol. The van der Waals surface area contributed by atoms with E-state index in [2.05, 4.69) is 20.2 Å². The number of hydrogen-bond acceptors (Lipinski definition) is 4. The van der Waals surface area contributed by atoms with Crippen LogP contribution in [0.2, 0.25) is 0 Å². The van der Waals surface area contributed by atoms with Crippen molar-refractivity contribution in [2.75, 3.05) is 18.0 Å². The molecule has 0 atom stereocenters. The maximum Gasteiger partial charge on any atom is 0.147 e. The van der Waals surface area contributed by atoms with Gasteiger partial charge >= 0.3 is 0 Å². The summed E-state index contributed by atoms with van der Waals surface area (Å²) in [6, 6.07) is 5.18. The van der Waals surface area contributed by atoms with Crippen LogP contribution in [0.5, 0.6) is 0 Å². The van der Waals surface area contributed by atoms with Gasteiger partial charge in [-0.3, -0.25) is 0 Å². The molecule has 6 heteroatoms. The zero-order chi connectivity index (χ0) is 13.1. The summed E-state index contributed by atoms with van der Waals surface area (Å²) in [7, 11) is 0. The molecule has 5 nitrogen and oxygen atoms in total. The van der Waals surface area contributed by atoms with Gasteiger partial charge in [-0.25, -0.2) is 9.07 Å². The molecule has 98 valence electrons. The van der Waals surface area contributed by atoms with Crippen molar-refractivity contribution in [3.63, 3.8) is 0 Å². The molecular weight excluding hydrogens is 245 g/mol. The largest absolute Gasteiger partial charge is 0.369 e. The summed E-state index contributed by atoms with van der Waals surface area (Å²) in [4.78, 5) is 2.08. The molecular formula is C13H14FN5. The Labute approximate surface area is 110 Å². The number of benzene rings is 1. The molecule has 1 aliphatic heterocycles. The van der Waals surface area contributed by atoms with Crippen LogP contribution in [-0.4, -0.2) is 34.2 Å². The number of rotatable bonds is 3. The molecule has 0 amide bonds. The molecule has 2 aromatic rings. The molecule has 0 saturated carbocycles. The summed E-state index contributed by atoms with van der Waals surface area (Å²) in [6.07, 6.45) is 6.81. The van der Waals surface area contributed by atoms with Crippen molar-refractivity contribution in [2.24, 2.45) is 5.10 Å². The van der Waals surface area contributed by atoms with E-state index in [0.717, 1.165) is 25.9 Å². The summed E-state index contributed by atoms with van der Waals surface area (Å²) in [5, 5.41) is 11.4. The van der Waals surface area contributed by atoms with E-state index in [-0.39, 0.29) is 5.82 Å². The first kappa shape index (κ1) is 11.8. The highest BCUT2D eigenvalue weighted by atomic mass is 19.1. The Kier molecular flexibility index (Phi) is 3.22. The molecule has 2 heterocycles. The number of hydrogen-bond donors (Lipinski definition) is 0. The van der Waals surface area contributed by atoms with Gasteiger partial charge in [0.15, 0.2) is 0 Å². The van der Waals surface area contributed by atoms with E-state index in [4.69, 9.17) is 0 Å². The normalized spacial score (nSPS) is 15.5. The van der Waals surface area contributed by atoms with Crippen LogP contribution in [0.15, 0.2) is 36.0 Å². The van der Waals surface area contributed by atoms with Gasteiger partial charge in [0.1, 0.15) is 18.5 Å². The van der Waals surface area contributed by atoms with Gasteiger partial charge in [-0.05, 0) is 30.5 Å². The first-order valence-electron chi connectivity index (χ1n) is 6.26. The van der Waals surface area contributed by atoms with Gasteiger partial charge in [0.25, 0.3) is 0 Å². The molecule has 1 fully saturated rings. The average molecular weight is 259 g/mol. The molecule has 0 spiro atoms. The van der Waals surface area contributed by atoms with E-state index < -0.39 is 0 Å². The van der Waals surface area contributed by atoms with Crippen molar-refractivity contribution in [3.05, 3.63) is 42.2 Å². The summed E-state index contributed by atoms with van der Waals surface area (Å²) in [5.74, 6) is -0.199. The zero-order valence-corrected chi connectivity index (χ0v) is 10.4. The summed E-state index contributed by atoms with van der Waals surface area (Å²) in [6.45, 7) is 1.87. The molecule has 0 aliphatic carbocycles. The van der Waals surface area contributed by atoms with Crippen LogP contribution in [0, 0.1) is 5.82 Å². The van der Waals surface area contributed by atoms with Gasteiger partial charge in [-0.15, -0.1) is 10.2 Å². The second-order valence-electron chi connectivity index (χ2n) is 4.49. The molecule has 1 aliphatic rings. The minimum absolute atomic E-state index is 0.199. The molecule has 19 heavy (non-hydrogen) atoms. The van der Waals surface area contributed by atoms with Gasteiger partial charge in [-0.2, -0.15) is 5.10 Å². The molecule has 1 aromatic heterocycles. The molecule has 0 N–H and O–H groups in total. The van der Waals surface area contributed by atoms with Crippen LogP contribution < -0.4 is 4.90 Å². The van der Waals surface area contributed by atoms with E-state index in [1.165, 1.54) is 23.4 Å². The fourth-order valence-corrected chi connectivity index (χ4v) is 2.21. The van der Waals surface area contributed by atoms with Crippen LogP contribution in [0.1, 0.15) is 18.4 Å². The summed E-state index contributed by atoms with van der Waals surface area (Å²) >= 11 is 0. The van der Waals surface area contributed by atoms with E-state index >= 15 is 0 Å². The Morgan fingerprint density at radius 1 is 1.16 bits per heavy atom. The highest BCUT2D eigenvalue weighted by molar-refractivity contribution is 5.80. The maximum absolute atomic E-state index is 14.0. The first-order chi connectivity index (χ1) is 9.33. The predicted octanol–water partition coefficient (Wildman–Crippen LogP) is 1.90. The third kappa shape index (κ3) is 2.62. The number of halogens is 1. The fourth-order valence-electron chi connectivity index (χ4n) is 2.21. The van der Waals surface area contributed by atoms with E-state index in [9.17, 15) is 4.39 Å². The molecule has 0 radical (unpaired) electrons. The van der Waals surface area contributed by atoms with Crippen molar-refractivity contribution in [3.8, 4) is 0 Å². The van der Waals surface area contributed by atoms with Crippen molar-refractivity contribution < 1.29 is 4.39 Å². The molecule has 1 saturated heterocycles. The van der Waals surface area contributed by atoms with Crippen molar-refractivity contribution in [2.45, 2.75) is 12.8 Å². The lowest BCUT2D eigenvalue weighted by Gasteiger charge is -2.18. The van der Waals surface area contributed by atoms with Crippen molar-refractivity contribution in [1.82, 2.24) is 14.9 Å². The third-order valence-corrected chi connectivity index (χ3v) is 3.17. The van der Waals surface area contributed by atoms with Crippen molar-refractivity contribution in [1.29, 1.82) is 0 Å². The molecule has 3 rings (SSSR count). The Hall–Kier alpha value is -2.24. The molecule has 0 bridgehead atoms. The lowest BCUT2D eigenvalue weighted by atomic mass is 10.2. The summed E-state index contributed by atoms with van der Waals surface area (Å²) in [5.41, 5.74) is 1.40. The number of anilines is 1. The Morgan fingerprint density at radius 2 is 1.89 bits per heavy atom. The molecule has 0 unspecified atom stereocenters. The maximum atomic E-state index is 14.0. The Morgan fingerprint density at radius 3 is 2.58 bits per heavy atom. The lowest BCUT2D eigenvalue weighted by molar-refractivity contribution is 0.623. The van der Waals surface area contributed by atoms with E-state index in [1.54, 1.807) is 6.21 Å². The van der Waals surface area contributed by atoms with Crippen LogP contribution >= 0.6 is 0 Å². The highest BCUT2D eigenvalue weighted by Gasteiger charge is 2.15. The highest BCUT2D eigenvalue weighted by Crippen LogP contribution is 2.23. The Bertz CT molecular complexity index is 573. The van der Waals surface area contributed by atoms with Crippen molar-refractivity contribution >= 4 is 11.9 Å². The average Bonchev–Trinajstić information content (AvgIpc) is 3.10.